The Morgan fingerprint density at radius 1 is 1.39 bits per heavy atom. The number of hydrogen-bond acceptors (Lipinski definition) is 3. The van der Waals surface area contributed by atoms with Crippen LogP contribution in [0.4, 0.5) is 14.5 Å². The molecule has 0 aliphatic carbocycles. The van der Waals surface area contributed by atoms with E-state index in [9.17, 15) is 13.6 Å². The van der Waals surface area contributed by atoms with Gasteiger partial charge in [-0.25, -0.2) is 0 Å². The van der Waals surface area contributed by atoms with Crippen LogP contribution in [0.3, 0.4) is 0 Å². The summed E-state index contributed by atoms with van der Waals surface area (Å²) in [4.78, 5) is 12.3. The number of halogens is 3. The quantitative estimate of drug-likeness (QED) is 0.894. The molecule has 0 spiro atoms. The fourth-order valence-corrected chi connectivity index (χ4v) is 2.22. The first-order chi connectivity index (χ1) is 10.8. The molecule has 23 heavy (non-hydrogen) atoms. The summed E-state index contributed by atoms with van der Waals surface area (Å²) < 4.78 is 30.2. The van der Waals surface area contributed by atoms with Crippen molar-refractivity contribution in [3.8, 4) is 5.75 Å². The van der Waals surface area contributed by atoms with Gasteiger partial charge in [0, 0.05) is 5.69 Å². The first kappa shape index (κ1) is 17.2. The van der Waals surface area contributed by atoms with Crippen LogP contribution in [0.5, 0.6) is 5.75 Å². The molecule has 2 rings (SSSR count). The van der Waals surface area contributed by atoms with Gasteiger partial charge in [0.15, 0.2) is 0 Å². The number of hydrogen-bond donors (Lipinski definition) is 1. The maximum atomic E-state index is 12.3. The van der Waals surface area contributed by atoms with Crippen LogP contribution in [0.15, 0.2) is 24.4 Å². The number of aromatic nitrogens is 2. The molecule has 1 amide bonds. The van der Waals surface area contributed by atoms with E-state index < -0.39 is 12.7 Å². The van der Waals surface area contributed by atoms with Crippen molar-refractivity contribution in [1.82, 2.24) is 9.78 Å². The van der Waals surface area contributed by atoms with Crippen molar-refractivity contribution < 1.29 is 18.3 Å². The highest BCUT2D eigenvalue weighted by molar-refractivity contribution is 6.31. The zero-order valence-electron chi connectivity index (χ0n) is 12.8. The second-order valence-electron chi connectivity index (χ2n) is 5.04. The third-order valence-corrected chi connectivity index (χ3v) is 3.78. The molecule has 8 heteroatoms. The number of nitrogens with zero attached hydrogens (tertiary/aromatic N) is 2. The lowest BCUT2D eigenvalue weighted by molar-refractivity contribution is -0.119. The van der Waals surface area contributed by atoms with Crippen molar-refractivity contribution in [3.63, 3.8) is 0 Å². The number of carbonyl (C=O) groups excluding carboxylic acids is 1. The van der Waals surface area contributed by atoms with Gasteiger partial charge in [-0.05, 0) is 44.5 Å². The van der Waals surface area contributed by atoms with Gasteiger partial charge >= 0.3 is 6.61 Å². The van der Waals surface area contributed by atoms with E-state index in [0.29, 0.717) is 22.0 Å². The summed E-state index contributed by atoms with van der Waals surface area (Å²) in [5, 5.41) is 7.29. The molecule has 1 aromatic carbocycles. The van der Waals surface area contributed by atoms with Gasteiger partial charge in [-0.2, -0.15) is 13.9 Å². The fraction of sp³-hybridized carbons (Fsp3) is 0.333. The number of aryl methyl sites for hydroxylation is 1. The van der Waals surface area contributed by atoms with Crippen LogP contribution >= 0.6 is 11.6 Å². The van der Waals surface area contributed by atoms with Crippen molar-refractivity contribution >= 4 is 23.2 Å². The van der Waals surface area contributed by atoms with E-state index in [-0.39, 0.29) is 11.7 Å². The lowest BCUT2D eigenvalue weighted by atomic mass is 10.2. The highest BCUT2D eigenvalue weighted by Crippen LogP contribution is 2.24. The van der Waals surface area contributed by atoms with Gasteiger partial charge in [-0.3, -0.25) is 9.48 Å². The molecule has 0 saturated carbocycles. The number of ether oxygens (including phenoxy) is 1. The van der Waals surface area contributed by atoms with Gasteiger partial charge < -0.3 is 10.1 Å². The van der Waals surface area contributed by atoms with Crippen LogP contribution in [0.1, 0.15) is 24.2 Å². The first-order valence-electron chi connectivity index (χ1n) is 6.85. The van der Waals surface area contributed by atoms with E-state index >= 15 is 0 Å². The molecule has 5 nitrogen and oxygen atoms in total. The monoisotopic (exact) mass is 343 g/mol. The molecular weight excluding hydrogens is 328 g/mol. The molecule has 0 aliphatic rings. The second kappa shape index (κ2) is 6.95. The summed E-state index contributed by atoms with van der Waals surface area (Å²) >= 11 is 5.93. The van der Waals surface area contributed by atoms with Gasteiger partial charge in [-0.1, -0.05) is 11.6 Å². The van der Waals surface area contributed by atoms with E-state index in [4.69, 9.17) is 11.6 Å². The van der Waals surface area contributed by atoms with E-state index in [1.807, 2.05) is 0 Å². The van der Waals surface area contributed by atoms with Crippen molar-refractivity contribution in [2.45, 2.75) is 33.4 Å². The molecule has 1 aromatic heterocycles. The summed E-state index contributed by atoms with van der Waals surface area (Å²) in [7, 11) is 0. The summed E-state index contributed by atoms with van der Waals surface area (Å²) in [6.45, 7) is 2.26. The smallest absolute Gasteiger partial charge is 0.387 e. The minimum Gasteiger partial charge on any atom is -0.435 e. The van der Waals surface area contributed by atoms with Crippen molar-refractivity contribution in [2.75, 3.05) is 5.32 Å². The average molecular weight is 344 g/mol. The molecule has 1 N–H and O–H groups in total. The van der Waals surface area contributed by atoms with Gasteiger partial charge in [-0.15, -0.1) is 0 Å². The molecule has 0 aliphatic heterocycles. The maximum Gasteiger partial charge on any atom is 0.387 e. The van der Waals surface area contributed by atoms with Crippen molar-refractivity contribution in [2.24, 2.45) is 0 Å². The third-order valence-electron chi connectivity index (χ3n) is 3.41. The topological polar surface area (TPSA) is 56.1 Å². The highest BCUT2D eigenvalue weighted by atomic mass is 35.5. The first-order valence-corrected chi connectivity index (χ1v) is 7.23. The Morgan fingerprint density at radius 3 is 2.61 bits per heavy atom. The lowest BCUT2D eigenvalue weighted by Crippen LogP contribution is -2.25. The van der Waals surface area contributed by atoms with Crippen LogP contribution in [0.2, 0.25) is 5.02 Å². The average Bonchev–Trinajstić information content (AvgIpc) is 2.80. The van der Waals surface area contributed by atoms with Crippen LogP contribution in [0.25, 0.3) is 0 Å². The molecule has 1 unspecified atom stereocenters. The molecule has 124 valence electrons. The summed E-state index contributed by atoms with van der Waals surface area (Å²) in [5.41, 5.74) is 1.81. The molecule has 0 fully saturated rings. The number of alkyl halides is 2. The zero-order valence-corrected chi connectivity index (χ0v) is 13.6. The van der Waals surface area contributed by atoms with Gasteiger partial charge in [0.25, 0.3) is 0 Å². The molecule has 0 bridgehead atoms. The van der Waals surface area contributed by atoms with Crippen LogP contribution in [0, 0.1) is 13.8 Å². The van der Waals surface area contributed by atoms with E-state index in [1.54, 1.807) is 20.8 Å². The number of anilines is 1. The molecule has 1 atom stereocenters. The molecule has 2 aromatic rings. The van der Waals surface area contributed by atoms with Crippen molar-refractivity contribution in [3.05, 3.63) is 40.7 Å². The van der Waals surface area contributed by atoms with Crippen LogP contribution in [-0.4, -0.2) is 22.3 Å². The predicted octanol–water partition coefficient (Wildman–Crippen LogP) is 3.95. The van der Waals surface area contributed by atoms with Crippen LogP contribution in [-0.2, 0) is 4.79 Å². The Balaban J connectivity index is 2.12. The minimum atomic E-state index is -2.89. The Bertz CT molecular complexity index is 719. The number of nitrogens with one attached hydrogen (secondary N) is 1. The van der Waals surface area contributed by atoms with Crippen LogP contribution < -0.4 is 10.1 Å². The zero-order chi connectivity index (χ0) is 17.1. The second-order valence-corrected chi connectivity index (χ2v) is 5.45. The summed E-state index contributed by atoms with van der Waals surface area (Å²) in [6, 6.07) is 3.75. The fourth-order valence-electron chi connectivity index (χ4n) is 2.09. The van der Waals surface area contributed by atoms with Gasteiger partial charge in [0.1, 0.15) is 11.8 Å². The Labute approximate surface area is 137 Å². The lowest BCUT2D eigenvalue weighted by Gasteiger charge is -2.16. The Hall–Kier alpha value is -2.15. The van der Waals surface area contributed by atoms with Gasteiger partial charge in [0.05, 0.1) is 16.9 Å². The number of amides is 1. The predicted molar refractivity (Wildman–Crippen MR) is 83.1 cm³/mol. The van der Waals surface area contributed by atoms with Gasteiger partial charge in [0.2, 0.25) is 5.91 Å². The molecular formula is C15H16ClF2N3O2. The standard InChI is InChI=1S/C15H16ClF2N3O2/c1-8-6-11(23-15(17)18)4-5-13(8)20-14(22)10(3)21-9(2)12(16)7-19-21/h4-7,10,15H,1-3H3,(H,20,22). The number of rotatable bonds is 5. The Morgan fingerprint density at radius 2 is 2.09 bits per heavy atom. The van der Waals surface area contributed by atoms with E-state index in [0.717, 1.165) is 0 Å². The SMILES string of the molecule is Cc1cc(OC(F)F)ccc1NC(=O)C(C)n1ncc(Cl)c1C. The normalized spacial score (nSPS) is 12.3. The number of carbonyl (C=O) groups is 1. The molecule has 0 saturated heterocycles. The summed E-state index contributed by atoms with van der Waals surface area (Å²) in [6.07, 6.45) is 1.47. The van der Waals surface area contributed by atoms with Crippen molar-refractivity contribution in [1.29, 1.82) is 0 Å². The van der Waals surface area contributed by atoms with E-state index in [2.05, 4.69) is 15.2 Å². The van der Waals surface area contributed by atoms with E-state index in [1.165, 1.54) is 29.1 Å². The maximum absolute atomic E-state index is 12.3. The largest absolute Gasteiger partial charge is 0.435 e. The third kappa shape index (κ3) is 3.98. The summed E-state index contributed by atoms with van der Waals surface area (Å²) in [5.74, 6) is -0.253. The molecule has 1 heterocycles. The molecule has 0 radical (unpaired) electrons. The number of benzene rings is 1. The highest BCUT2D eigenvalue weighted by Gasteiger charge is 2.19. The Kier molecular flexibility index (Phi) is 5.20. The minimum absolute atomic E-state index is 0.0400.